The molecule has 0 amide bonds. The Bertz CT molecular complexity index is 898. The van der Waals surface area contributed by atoms with Crippen LogP contribution in [0.15, 0.2) is 91.0 Å². The number of aliphatic hydroxyl groups excluding tert-OH is 1. The molecule has 1 heterocycles. The molecule has 0 saturated carbocycles. The van der Waals surface area contributed by atoms with Gasteiger partial charge in [-0.2, -0.15) is 0 Å². The molecule has 3 heteroatoms. The molecule has 0 bridgehead atoms. The van der Waals surface area contributed by atoms with Crippen LogP contribution in [0.3, 0.4) is 0 Å². The number of aliphatic hydroxyl groups is 1. The van der Waals surface area contributed by atoms with Crippen molar-refractivity contribution in [1.82, 2.24) is 4.90 Å². The lowest BCUT2D eigenvalue weighted by molar-refractivity contribution is 0.0426. The first-order valence-corrected chi connectivity index (χ1v) is 16.1. The van der Waals surface area contributed by atoms with Crippen LogP contribution in [0.1, 0.15) is 50.3 Å². The number of rotatable bonds is 10. The fourth-order valence-corrected chi connectivity index (χ4v) is 9.93. The average molecular weight is 472 g/mol. The minimum atomic E-state index is -1.45. The maximum absolute atomic E-state index is 11.8. The lowest BCUT2D eigenvalue weighted by Gasteiger charge is -2.48. The van der Waals surface area contributed by atoms with Crippen molar-refractivity contribution in [2.24, 2.45) is 0 Å². The summed E-state index contributed by atoms with van der Waals surface area (Å²) >= 11 is 0. The lowest BCUT2D eigenvalue weighted by Crippen LogP contribution is -2.55. The van der Waals surface area contributed by atoms with Gasteiger partial charge in [-0.15, -0.1) is 0 Å². The van der Waals surface area contributed by atoms with E-state index in [1.807, 2.05) is 0 Å². The van der Waals surface area contributed by atoms with Crippen LogP contribution in [0, 0.1) is 0 Å². The quantitative estimate of drug-likeness (QED) is 0.247. The van der Waals surface area contributed by atoms with Crippen LogP contribution in [0.25, 0.3) is 0 Å². The Balaban J connectivity index is 1.88. The molecule has 3 aromatic carbocycles. The van der Waals surface area contributed by atoms with Crippen LogP contribution in [-0.4, -0.2) is 36.8 Å². The SMILES string of the molecule is CC[Si](CC)(CC)CC(O)C1CCCN1C(c1ccccc1)(c1ccccc1)c1ccccc1. The summed E-state index contributed by atoms with van der Waals surface area (Å²) in [5.74, 6) is 0. The van der Waals surface area contributed by atoms with Crippen molar-refractivity contribution in [3.05, 3.63) is 108 Å². The van der Waals surface area contributed by atoms with Gasteiger partial charge in [0.1, 0.15) is 0 Å². The summed E-state index contributed by atoms with van der Waals surface area (Å²) in [6, 6.07) is 37.8. The number of benzene rings is 3. The number of hydrogen-bond acceptors (Lipinski definition) is 2. The molecule has 2 nitrogen and oxygen atoms in total. The maximum Gasteiger partial charge on any atom is 0.0976 e. The minimum Gasteiger partial charge on any atom is -0.392 e. The molecule has 34 heavy (non-hydrogen) atoms. The van der Waals surface area contributed by atoms with Crippen molar-refractivity contribution < 1.29 is 5.11 Å². The van der Waals surface area contributed by atoms with Crippen molar-refractivity contribution >= 4 is 8.07 Å². The Morgan fingerprint density at radius 3 is 1.56 bits per heavy atom. The summed E-state index contributed by atoms with van der Waals surface area (Å²) in [6.45, 7) is 8.03. The highest BCUT2D eigenvalue weighted by Crippen LogP contribution is 2.47. The molecule has 180 valence electrons. The molecule has 1 aliphatic heterocycles. The highest BCUT2D eigenvalue weighted by atomic mass is 28.3. The highest BCUT2D eigenvalue weighted by molar-refractivity contribution is 6.79. The van der Waals surface area contributed by atoms with E-state index in [1.165, 1.54) is 34.8 Å². The van der Waals surface area contributed by atoms with E-state index < -0.39 is 13.6 Å². The number of likely N-dealkylation sites (tertiary alicyclic amines) is 1. The van der Waals surface area contributed by atoms with Crippen LogP contribution in [0.4, 0.5) is 0 Å². The van der Waals surface area contributed by atoms with Crippen LogP contribution in [0.5, 0.6) is 0 Å². The first kappa shape index (κ1) is 24.9. The number of nitrogens with zero attached hydrogens (tertiary/aromatic N) is 1. The van der Waals surface area contributed by atoms with Gasteiger partial charge in [0, 0.05) is 12.6 Å². The second kappa shape index (κ2) is 11.0. The van der Waals surface area contributed by atoms with Gasteiger partial charge in [0.15, 0.2) is 0 Å². The Morgan fingerprint density at radius 1 is 0.765 bits per heavy atom. The molecular weight excluding hydrogens is 430 g/mol. The first-order valence-electron chi connectivity index (χ1n) is 13.2. The van der Waals surface area contributed by atoms with E-state index in [0.717, 1.165) is 25.4 Å². The van der Waals surface area contributed by atoms with E-state index in [-0.39, 0.29) is 12.1 Å². The third-order valence-corrected chi connectivity index (χ3v) is 14.4. The summed E-state index contributed by atoms with van der Waals surface area (Å²) < 4.78 is 0. The Morgan fingerprint density at radius 2 is 1.18 bits per heavy atom. The second-order valence-electron chi connectivity index (χ2n) is 10.0. The molecule has 4 rings (SSSR count). The second-order valence-corrected chi connectivity index (χ2v) is 15.6. The summed E-state index contributed by atoms with van der Waals surface area (Å²) in [7, 11) is -1.45. The third-order valence-electron chi connectivity index (χ3n) is 8.64. The fourth-order valence-electron chi connectivity index (χ4n) is 6.41. The van der Waals surface area contributed by atoms with E-state index >= 15 is 0 Å². The predicted octanol–water partition coefficient (Wildman–Crippen LogP) is 7.31. The lowest BCUT2D eigenvalue weighted by atomic mass is 9.75. The van der Waals surface area contributed by atoms with E-state index in [0.29, 0.717) is 0 Å². The summed E-state index contributed by atoms with van der Waals surface area (Å²) in [5, 5.41) is 11.8. The van der Waals surface area contributed by atoms with Crippen molar-refractivity contribution in [3.8, 4) is 0 Å². The highest BCUT2D eigenvalue weighted by Gasteiger charge is 2.49. The molecule has 2 atom stereocenters. The average Bonchev–Trinajstić information content (AvgIpc) is 3.40. The van der Waals surface area contributed by atoms with Crippen LogP contribution in [-0.2, 0) is 5.54 Å². The Hall–Kier alpha value is -2.20. The summed E-state index contributed by atoms with van der Waals surface area (Å²) in [6.07, 6.45) is 1.89. The molecule has 0 radical (unpaired) electrons. The van der Waals surface area contributed by atoms with Crippen LogP contribution >= 0.6 is 0 Å². The third kappa shape index (κ3) is 4.54. The van der Waals surface area contributed by atoms with Gasteiger partial charge in [-0.05, 0) is 35.6 Å². The topological polar surface area (TPSA) is 23.5 Å². The largest absolute Gasteiger partial charge is 0.392 e. The Labute approximate surface area is 207 Å². The monoisotopic (exact) mass is 471 g/mol. The van der Waals surface area contributed by atoms with Crippen LogP contribution < -0.4 is 0 Å². The predicted molar refractivity (Wildman–Crippen MR) is 147 cm³/mol. The zero-order valence-electron chi connectivity index (χ0n) is 21.2. The van der Waals surface area contributed by atoms with Crippen LogP contribution in [0.2, 0.25) is 24.2 Å². The van der Waals surface area contributed by atoms with Gasteiger partial charge in [0.05, 0.1) is 19.7 Å². The standard InChI is InChI=1S/C31H41NOSi/c1-4-34(5-2,6-3)25-30(33)29-23-16-24-32(29)31(26-17-10-7-11-18-26,27-19-12-8-13-20-27)28-21-14-9-15-22-28/h7-15,17-22,29-30,33H,4-6,16,23-25H2,1-3H3. The van der Waals surface area contributed by atoms with Crippen molar-refractivity contribution in [3.63, 3.8) is 0 Å². The molecular formula is C31H41NOSi. The maximum atomic E-state index is 11.8. The van der Waals surface area contributed by atoms with Gasteiger partial charge in [0.2, 0.25) is 0 Å². The summed E-state index contributed by atoms with van der Waals surface area (Å²) in [5.41, 5.74) is 3.39. The van der Waals surface area contributed by atoms with Gasteiger partial charge >= 0.3 is 0 Å². The van der Waals surface area contributed by atoms with Gasteiger partial charge < -0.3 is 5.11 Å². The summed E-state index contributed by atoms with van der Waals surface area (Å²) in [4.78, 5) is 2.65. The Kier molecular flexibility index (Phi) is 8.08. The van der Waals surface area contributed by atoms with E-state index in [1.54, 1.807) is 0 Å². The molecule has 1 fully saturated rings. The number of hydrogen-bond donors (Lipinski definition) is 1. The van der Waals surface area contributed by atoms with Crippen molar-refractivity contribution in [2.45, 2.75) is 75.5 Å². The van der Waals surface area contributed by atoms with E-state index in [4.69, 9.17) is 0 Å². The molecule has 1 saturated heterocycles. The zero-order valence-corrected chi connectivity index (χ0v) is 22.2. The van der Waals surface area contributed by atoms with Gasteiger partial charge in [-0.3, -0.25) is 4.90 Å². The zero-order chi connectivity index (χ0) is 24.0. The molecule has 0 spiro atoms. The van der Waals surface area contributed by atoms with Crippen molar-refractivity contribution in [1.29, 1.82) is 0 Å². The van der Waals surface area contributed by atoms with E-state index in [2.05, 4.69) is 117 Å². The molecule has 1 aliphatic rings. The first-order chi connectivity index (χ1) is 16.6. The molecule has 2 unspecified atom stereocenters. The molecule has 3 aromatic rings. The normalized spacial score (nSPS) is 18.2. The smallest absolute Gasteiger partial charge is 0.0976 e. The van der Waals surface area contributed by atoms with Gasteiger partial charge in [-0.1, -0.05) is 130 Å². The molecule has 0 aliphatic carbocycles. The fraction of sp³-hybridized carbons (Fsp3) is 0.419. The van der Waals surface area contributed by atoms with Gasteiger partial charge in [-0.25, -0.2) is 0 Å². The minimum absolute atomic E-state index is 0.150. The van der Waals surface area contributed by atoms with Gasteiger partial charge in [0.25, 0.3) is 0 Å². The molecule has 0 aromatic heterocycles. The van der Waals surface area contributed by atoms with E-state index in [9.17, 15) is 5.11 Å². The van der Waals surface area contributed by atoms with Crippen molar-refractivity contribution in [2.75, 3.05) is 6.54 Å². The molecule has 1 N–H and O–H groups in total.